The maximum Gasteiger partial charge on any atom is 0.271 e. The van der Waals surface area contributed by atoms with E-state index in [0.29, 0.717) is 6.54 Å². The van der Waals surface area contributed by atoms with Gasteiger partial charge in [0.15, 0.2) is 0 Å². The van der Waals surface area contributed by atoms with Crippen molar-refractivity contribution in [3.63, 3.8) is 0 Å². The van der Waals surface area contributed by atoms with E-state index < -0.39 is 35.0 Å². The Labute approximate surface area is 223 Å². The molecule has 2 aromatic carbocycles. The average Bonchev–Trinajstić information content (AvgIpc) is 3.72. The molecule has 4 aliphatic rings. The van der Waals surface area contributed by atoms with Gasteiger partial charge in [-0.1, -0.05) is 30.7 Å². The first kappa shape index (κ1) is 24.0. The number of hydrogen-bond donors (Lipinski definition) is 1. The fourth-order valence-electron chi connectivity index (χ4n) is 7.71. The van der Waals surface area contributed by atoms with E-state index in [9.17, 15) is 28.4 Å². The third-order valence-electron chi connectivity index (χ3n) is 9.50. The minimum atomic E-state index is -0.909. The van der Waals surface area contributed by atoms with Crippen molar-refractivity contribution in [3.8, 4) is 6.07 Å². The largest absolute Gasteiger partial charge is 0.350 e. The van der Waals surface area contributed by atoms with Gasteiger partial charge >= 0.3 is 0 Å². The summed E-state index contributed by atoms with van der Waals surface area (Å²) >= 11 is 0. The Balaban J connectivity index is 1.24. The Kier molecular flexibility index (Phi) is 5.21. The molecule has 2 aliphatic carbocycles. The number of carbonyl (C=O) groups is 3. The van der Waals surface area contributed by atoms with Crippen molar-refractivity contribution >= 4 is 28.5 Å². The van der Waals surface area contributed by atoms with Crippen molar-refractivity contribution < 1.29 is 23.2 Å². The fourth-order valence-corrected chi connectivity index (χ4v) is 7.71. The second-order valence-electron chi connectivity index (χ2n) is 11.4. The first-order valence-corrected chi connectivity index (χ1v) is 13.4. The number of rotatable bonds is 2. The van der Waals surface area contributed by atoms with Crippen molar-refractivity contribution in [1.82, 2.24) is 14.8 Å². The minimum Gasteiger partial charge on any atom is -0.350 e. The predicted octanol–water partition coefficient (Wildman–Crippen LogP) is 3.87. The van der Waals surface area contributed by atoms with E-state index >= 15 is 0 Å². The van der Waals surface area contributed by atoms with Crippen molar-refractivity contribution in [1.29, 1.82) is 5.26 Å². The number of H-pyrrole nitrogens is 1. The number of ketones is 1. The molecule has 9 heteroatoms. The first-order valence-electron chi connectivity index (χ1n) is 13.4. The van der Waals surface area contributed by atoms with Gasteiger partial charge in [-0.3, -0.25) is 14.4 Å². The highest BCUT2D eigenvalue weighted by Gasteiger charge is 2.58. The van der Waals surface area contributed by atoms with Gasteiger partial charge in [0, 0.05) is 31.0 Å². The summed E-state index contributed by atoms with van der Waals surface area (Å²) in [6.45, 7) is 0.497. The number of benzene rings is 2. The van der Waals surface area contributed by atoms with E-state index in [1.807, 2.05) is 24.3 Å². The van der Waals surface area contributed by atoms with E-state index in [1.54, 1.807) is 4.90 Å². The highest BCUT2D eigenvalue weighted by atomic mass is 19.1. The molecule has 198 valence electrons. The molecule has 2 saturated heterocycles. The lowest BCUT2D eigenvalue weighted by Gasteiger charge is -2.32. The molecule has 7 nitrogen and oxygen atoms in total. The van der Waals surface area contributed by atoms with Crippen LogP contribution in [0.2, 0.25) is 0 Å². The van der Waals surface area contributed by atoms with Crippen LogP contribution in [0.1, 0.15) is 47.3 Å². The number of nitriles is 1. The van der Waals surface area contributed by atoms with Crippen LogP contribution in [0.25, 0.3) is 10.9 Å². The van der Waals surface area contributed by atoms with Gasteiger partial charge in [-0.25, -0.2) is 8.78 Å². The molecule has 1 aromatic heterocycles. The maximum atomic E-state index is 14.4. The van der Waals surface area contributed by atoms with Gasteiger partial charge in [-0.15, -0.1) is 0 Å². The third kappa shape index (κ3) is 3.40. The van der Waals surface area contributed by atoms with Crippen LogP contribution in [0.15, 0.2) is 42.5 Å². The summed E-state index contributed by atoms with van der Waals surface area (Å²) in [7, 11) is 0. The lowest BCUT2D eigenvalue weighted by molar-refractivity contribution is -0.137. The first-order chi connectivity index (χ1) is 18.8. The summed E-state index contributed by atoms with van der Waals surface area (Å²) in [5, 5.41) is 10.2. The number of aromatic nitrogens is 1. The van der Waals surface area contributed by atoms with Crippen molar-refractivity contribution in [3.05, 3.63) is 70.9 Å². The summed E-state index contributed by atoms with van der Waals surface area (Å²) < 4.78 is 28.1. The Morgan fingerprint density at radius 3 is 2.74 bits per heavy atom. The number of aromatic amines is 1. The zero-order valence-corrected chi connectivity index (χ0v) is 21.1. The molecule has 1 saturated carbocycles. The average molecular weight is 529 g/mol. The Hall–Kier alpha value is -4.06. The highest BCUT2D eigenvalue weighted by Crippen LogP contribution is 2.48. The number of likely N-dealkylation sites (tertiary alicyclic amines) is 2. The molecule has 7 rings (SSSR count). The summed E-state index contributed by atoms with van der Waals surface area (Å²) in [6.07, 6.45) is 3.16. The standard InChI is InChI=1S/C30H26F2N4O3/c31-18-9-23(32)21-11-25(34-24(21)10-18)28(38)35-14-17-5-3-6-20(17)27(35)29(39)36-15-30(12-19(36)13-33)22-7-2-1-4-16(22)8-26(30)37/h1-2,4,7,9-11,17,19-20,27,34H,3,5-6,8,12,14-15H2/t17-,19-,20-,27-,30-/m0/s1. The highest BCUT2D eigenvalue weighted by molar-refractivity contribution is 6.02. The van der Waals surface area contributed by atoms with E-state index in [-0.39, 0.29) is 59.5 Å². The molecule has 0 radical (unpaired) electrons. The number of nitrogens with one attached hydrogen (secondary N) is 1. The van der Waals surface area contributed by atoms with Crippen LogP contribution < -0.4 is 0 Å². The number of carbonyl (C=O) groups excluding carboxylic acids is 3. The molecular formula is C30H26F2N4O3. The molecule has 5 atom stereocenters. The quantitative estimate of drug-likeness (QED) is 0.546. The normalized spacial score (nSPS) is 29.3. The van der Waals surface area contributed by atoms with Gasteiger partial charge in [-0.05, 0) is 54.4 Å². The van der Waals surface area contributed by atoms with Gasteiger partial charge in [0.1, 0.15) is 35.2 Å². The molecular weight excluding hydrogens is 502 g/mol. The molecule has 2 aliphatic heterocycles. The van der Waals surface area contributed by atoms with Crippen LogP contribution in [-0.2, 0) is 21.4 Å². The number of halogens is 2. The Morgan fingerprint density at radius 2 is 1.92 bits per heavy atom. The Morgan fingerprint density at radius 1 is 1.10 bits per heavy atom. The molecule has 0 unspecified atom stereocenters. The van der Waals surface area contributed by atoms with E-state index in [4.69, 9.17) is 0 Å². The Bertz CT molecular complexity index is 1610. The third-order valence-corrected chi connectivity index (χ3v) is 9.50. The van der Waals surface area contributed by atoms with Crippen molar-refractivity contribution in [2.24, 2.45) is 11.8 Å². The van der Waals surface area contributed by atoms with E-state index in [1.165, 1.54) is 11.0 Å². The van der Waals surface area contributed by atoms with Crippen LogP contribution in [0.3, 0.4) is 0 Å². The second-order valence-corrected chi connectivity index (χ2v) is 11.4. The molecule has 3 fully saturated rings. The summed E-state index contributed by atoms with van der Waals surface area (Å²) in [5.41, 5.74) is 1.17. The zero-order chi connectivity index (χ0) is 27.1. The number of Topliss-reactive ketones (excluding diaryl/α,β-unsaturated/α-hetero) is 1. The predicted molar refractivity (Wildman–Crippen MR) is 136 cm³/mol. The van der Waals surface area contributed by atoms with Crippen molar-refractivity contribution in [2.45, 2.75) is 49.6 Å². The SMILES string of the molecule is N#C[C@@H]1C[C@@]2(CN1C(=O)[C@@H]1[C@H]3CCC[C@H]3CN1C(=O)c1cc3c(F)cc(F)cc3[nH]1)C(=O)Cc1ccccc12. The monoisotopic (exact) mass is 528 g/mol. The lowest BCUT2D eigenvalue weighted by atomic mass is 9.79. The molecule has 1 N–H and O–H groups in total. The topological polar surface area (TPSA) is 97.3 Å². The summed E-state index contributed by atoms with van der Waals surface area (Å²) in [6, 6.07) is 11.5. The van der Waals surface area contributed by atoms with Gasteiger partial charge in [0.05, 0.1) is 17.0 Å². The fraction of sp³-hybridized carbons (Fsp3) is 0.400. The van der Waals surface area contributed by atoms with Crippen LogP contribution in [0, 0.1) is 34.8 Å². The van der Waals surface area contributed by atoms with Crippen LogP contribution in [-0.4, -0.2) is 57.6 Å². The molecule has 3 heterocycles. The zero-order valence-electron chi connectivity index (χ0n) is 21.1. The van der Waals surface area contributed by atoms with Gasteiger partial charge in [0.25, 0.3) is 5.91 Å². The lowest BCUT2D eigenvalue weighted by Crippen LogP contribution is -2.52. The maximum absolute atomic E-state index is 14.4. The molecule has 3 aromatic rings. The summed E-state index contributed by atoms with van der Waals surface area (Å²) in [5.74, 6) is -2.18. The van der Waals surface area contributed by atoms with Gasteiger partial charge in [-0.2, -0.15) is 5.26 Å². The molecule has 39 heavy (non-hydrogen) atoms. The smallest absolute Gasteiger partial charge is 0.271 e. The number of nitrogens with zero attached hydrogens (tertiary/aromatic N) is 3. The number of fused-ring (bicyclic) bond motifs is 4. The number of amides is 2. The van der Waals surface area contributed by atoms with Gasteiger partial charge < -0.3 is 14.8 Å². The van der Waals surface area contributed by atoms with Crippen LogP contribution in [0.5, 0.6) is 0 Å². The molecule has 1 spiro atoms. The minimum absolute atomic E-state index is 0.0182. The van der Waals surface area contributed by atoms with Gasteiger partial charge in [0.2, 0.25) is 5.91 Å². The number of hydrogen-bond acceptors (Lipinski definition) is 4. The summed E-state index contributed by atoms with van der Waals surface area (Å²) in [4.78, 5) is 47.3. The van der Waals surface area contributed by atoms with Crippen molar-refractivity contribution in [2.75, 3.05) is 13.1 Å². The van der Waals surface area contributed by atoms with Crippen LogP contribution >= 0.6 is 0 Å². The van der Waals surface area contributed by atoms with E-state index in [0.717, 1.165) is 42.5 Å². The van der Waals surface area contributed by atoms with Crippen LogP contribution in [0.4, 0.5) is 8.78 Å². The molecule has 0 bridgehead atoms. The molecule has 2 amide bonds. The van der Waals surface area contributed by atoms with E-state index in [2.05, 4.69) is 11.1 Å². The second kappa shape index (κ2) is 8.47.